The Hall–Kier alpha value is -2.79. The van der Waals surface area contributed by atoms with Crippen LogP contribution < -0.4 is 4.74 Å². The molecule has 1 saturated heterocycles. The molecule has 0 radical (unpaired) electrons. The topological polar surface area (TPSA) is 45.9 Å². The Labute approximate surface area is 165 Å². The molecule has 1 aliphatic heterocycles. The molecular formula is C23H26N2O3. The van der Waals surface area contributed by atoms with Gasteiger partial charge < -0.3 is 14.1 Å². The number of hydrogen-bond acceptors (Lipinski definition) is 4. The van der Waals surface area contributed by atoms with Gasteiger partial charge in [-0.15, -0.1) is 0 Å². The number of para-hydroxylation sites is 1. The maximum atomic E-state index is 13.1. The number of fused-ring (bicyclic) bond motifs is 1. The SMILES string of the molecule is COc1ccc(CN2CCCN(C(=O)c3oc4ccccc4c3C)CC2)cc1. The summed E-state index contributed by atoms with van der Waals surface area (Å²) in [5, 5.41) is 1.02. The normalized spacial score (nSPS) is 15.6. The van der Waals surface area contributed by atoms with Crippen LogP contribution in [0.5, 0.6) is 5.75 Å². The Bertz CT molecular complexity index is 962. The Kier molecular flexibility index (Phi) is 5.35. The highest BCUT2D eigenvalue weighted by Crippen LogP contribution is 2.26. The minimum absolute atomic E-state index is 0.00000234. The fraction of sp³-hybridized carbons (Fsp3) is 0.348. The standard InChI is InChI=1S/C23H26N2O3/c1-17-20-6-3-4-7-21(20)28-22(17)23(26)25-13-5-12-24(14-15-25)16-18-8-10-19(27-2)11-9-18/h3-4,6-11H,5,12-16H2,1-2H3. The number of rotatable bonds is 4. The Balaban J connectivity index is 1.42. The number of nitrogens with zero attached hydrogens (tertiary/aromatic N) is 2. The van der Waals surface area contributed by atoms with Gasteiger partial charge in [0.2, 0.25) is 0 Å². The van der Waals surface area contributed by atoms with Gasteiger partial charge >= 0.3 is 0 Å². The van der Waals surface area contributed by atoms with E-state index >= 15 is 0 Å². The average molecular weight is 378 g/mol. The molecule has 1 aliphatic rings. The van der Waals surface area contributed by atoms with Crippen molar-refractivity contribution in [3.8, 4) is 5.75 Å². The van der Waals surface area contributed by atoms with Gasteiger partial charge in [0.25, 0.3) is 5.91 Å². The molecule has 0 saturated carbocycles. The molecule has 3 aromatic rings. The van der Waals surface area contributed by atoms with Gasteiger partial charge in [0.15, 0.2) is 5.76 Å². The Morgan fingerprint density at radius 1 is 1.04 bits per heavy atom. The highest BCUT2D eigenvalue weighted by Gasteiger charge is 2.25. The zero-order chi connectivity index (χ0) is 19.5. The molecule has 5 nitrogen and oxygen atoms in total. The van der Waals surface area contributed by atoms with Crippen LogP contribution in [0.2, 0.25) is 0 Å². The molecule has 5 heteroatoms. The summed E-state index contributed by atoms with van der Waals surface area (Å²) in [5.41, 5.74) is 2.97. The number of hydrogen-bond donors (Lipinski definition) is 0. The fourth-order valence-corrected chi connectivity index (χ4v) is 3.84. The minimum Gasteiger partial charge on any atom is -0.497 e. The molecule has 2 heterocycles. The molecule has 1 fully saturated rings. The lowest BCUT2D eigenvalue weighted by atomic mass is 10.1. The van der Waals surface area contributed by atoms with Gasteiger partial charge in [-0.2, -0.15) is 0 Å². The zero-order valence-electron chi connectivity index (χ0n) is 16.5. The van der Waals surface area contributed by atoms with Crippen LogP contribution in [0.1, 0.15) is 28.1 Å². The Morgan fingerprint density at radius 2 is 1.82 bits per heavy atom. The molecule has 1 aromatic heterocycles. The summed E-state index contributed by atoms with van der Waals surface area (Å²) in [6.07, 6.45) is 0.959. The maximum Gasteiger partial charge on any atom is 0.289 e. The van der Waals surface area contributed by atoms with Gasteiger partial charge in [-0.3, -0.25) is 9.69 Å². The maximum absolute atomic E-state index is 13.1. The number of ether oxygens (including phenoxy) is 1. The zero-order valence-corrected chi connectivity index (χ0v) is 16.5. The van der Waals surface area contributed by atoms with Crippen molar-refractivity contribution in [3.05, 3.63) is 65.4 Å². The molecule has 28 heavy (non-hydrogen) atoms. The van der Waals surface area contributed by atoms with Crippen LogP contribution in [-0.2, 0) is 6.54 Å². The average Bonchev–Trinajstić information content (AvgIpc) is 2.90. The van der Waals surface area contributed by atoms with Crippen LogP contribution >= 0.6 is 0 Å². The molecule has 4 rings (SSSR count). The van der Waals surface area contributed by atoms with Crippen LogP contribution in [0.3, 0.4) is 0 Å². The summed E-state index contributed by atoms with van der Waals surface area (Å²) in [7, 11) is 1.68. The highest BCUT2D eigenvalue weighted by atomic mass is 16.5. The first-order valence-corrected chi connectivity index (χ1v) is 9.78. The molecular weight excluding hydrogens is 352 g/mol. The Morgan fingerprint density at radius 3 is 2.57 bits per heavy atom. The second-order valence-electron chi connectivity index (χ2n) is 7.32. The van der Waals surface area contributed by atoms with Crippen molar-refractivity contribution in [3.63, 3.8) is 0 Å². The second kappa shape index (κ2) is 8.07. The van der Waals surface area contributed by atoms with Gasteiger partial charge in [-0.1, -0.05) is 30.3 Å². The number of methoxy groups -OCH3 is 1. The van der Waals surface area contributed by atoms with Gasteiger partial charge in [-0.25, -0.2) is 0 Å². The summed E-state index contributed by atoms with van der Waals surface area (Å²) in [6.45, 7) is 6.16. The first-order chi connectivity index (χ1) is 13.7. The third-order valence-electron chi connectivity index (χ3n) is 5.48. The van der Waals surface area contributed by atoms with E-state index in [0.29, 0.717) is 12.3 Å². The smallest absolute Gasteiger partial charge is 0.289 e. The van der Waals surface area contributed by atoms with Gasteiger partial charge in [0, 0.05) is 43.7 Å². The lowest BCUT2D eigenvalue weighted by Crippen LogP contribution is -2.35. The number of carbonyl (C=O) groups excluding carboxylic acids is 1. The largest absolute Gasteiger partial charge is 0.497 e. The van der Waals surface area contributed by atoms with Crippen molar-refractivity contribution in [2.45, 2.75) is 19.9 Å². The molecule has 0 atom stereocenters. The molecule has 2 aromatic carbocycles. The number of amides is 1. The van der Waals surface area contributed by atoms with E-state index in [9.17, 15) is 4.79 Å². The molecule has 0 aliphatic carbocycles. The van der Waals surface area contributed by atoms with Crippen molar-refractivity contribution >= 4 is 16.9 Å². The summed E-state index contributed by atoms with van der Waals surface area (Å²) < 4.78 is 11.1. The van der Waals surface area contributed by atoms with E-state index in [1.54, 1.807) is 7.11 Å². The lowest BCUT2D eigenvalue weighted by molar-refractivity contribution is 0.0730. The van der Waals surface area contributed by atoms with E-state index in [1.165, 1.54) is 5.56 Å². The molecule has 146 valence electrons. The molecule has 1 amide bonds. The molecule has 0 N–H and O–H groups in total. The monoisotopic (exact) mass is 378 g/mol. The van der Waals surface area contributed by atoms with Crippen molar-refractivity contribution in [2.24, 2.45) is 0 Å². The summed E-state index contributed by atoms with van der Waals surface area (Å²) in [6, 6.07) is 16.0. The molecule has 0 spiro atoms. The van der Waals surface area contributed by atoms with E-state index in [-0.39, 0.29) is 5.91 Å². The number of benzene rings is 2. The summed E-state index contributed by atoms with van der Waals surface area (Å²) in [5.74, 6) is 1.35. The highest BCUT2D eigenvalue weighted by molar-refractivity contribution is 5.98. The number of carbonyl (C=O) groups is 1. The van der Waals surface area contributed by atoms with Crippen LogP contribution in [0, 0.1) is 6.92 Å². The summed E-state index contributed by atoms with van der Waals surface area (Å²) >= 11 is 0. The molecule has 0 bridgehead atoms. The third kappa shape index (κ3) is 3.76. The summed E-state index contributed by atoms with van der Waals surface area (Å²) in [4.78, 5) is 17.4. The first-order valence-electron chi connectivity index (χ1n) is 9.78. The fourth-order valence-electron chi connectivity index (χ4n) is 3.84. The predicted octanol–water partition coefficient (Wildman–Crippen LogP) is 4.10. The molecule has 0 unspecified atom stereocenters. The third-order valence-corrected chi connectivity index (χ3v) is 5.48. The lowest BCUT2D eigenvalue weighted by Gasteiger charge is -2.21. The van der Waals surface area contributed by atoms with E-state index in [4.69, 9.17) is 9.15 Å². The van der Waals surface area contributed by atoms with E-state index in [0.717, 1.165) is 54.9 Å². The van der Waals surface area contributed by atoms with Crippen LogP contribution in [-0.4, -0.2) is 49.0 Å². The van der Waals surface area contributed by atoms with Crippen molar-refractivity contribution in [1.82, 2.24) is 9.80 Å². The quantitative estimate of drug-likeness (QED) is 0.686. The van der Waals surface area contributed by atoms with E-state index in [2.05, 4.69) is 17.0 Å². The predicted molar refractivity (Wildman–Crippen MR) is 110 cm³/mol. The van der Waals surface area contributed by atoms with Crippen LogP contribution in [0.15, 0.2) is 52.9 Å². The minimum atomic E-state index is -0.00000234. The van der Waals surface area contributed by atoms with E-state index < -0.39 is 0 Å². The van der Waals surface area contributed by atoms with Gasteiger partial charge in [0.05, 0.1) is 7.11 Å². The van der Waals surface area contributed by atoms with Crippen molar-refractivity contribution < 1.29 is 13.9 Å². The number of aryl methyl sites for hydroxylation is 1. The first kappa shape index (κ1) is 18.6. The second-order valence-corrected chi connectivity index (χ2v) is 7.32. The van der Waals surface area contributed by atoms with Crippen LogP contribution in [0.4, 0.5) is 0 Å². The van der Waals surface area contributed by atoms with Gasteiger partial charge in [0.1, 0.15) is 11.3 Å². The van der Waals surface area contributed by atoms with Crippen LogP contribution in [0.25, 0.3) is 11.0 Å². The van der Waals surface area contributed by atoms with Gasteiger partial charge in [-0.05, 0) is 37.1 Å². The van der Waals surface area contributed by atoms with Crippen molar-refractivity contribution in [2.75, 3.05) is 33.3 Å². The number of furan rings is 1. The van der Waals surface area contributed by atoms with E-state index in [1.807, 2.05) is 48.2 Å². The van der Waals surface area contributed by atoms with Crippen molar-refractivity contribution in [1.29, 1.82) is 0 Å².